The van der Waals surface area contributed by atoms with Gasteiger partial charge in [-0.2, -0.15) is 0 Å². The molecule has 24 heavy (non-hydrogen) atoms. The summed E-state index contributed by atoms with van der Waals surface area (Å²) in [6.45, 7) is 13.9. The fraction of sp³-hybridized carbons (Fsp3) is 0.900. The van der Waals surface area contributed by atoms with E-state index in [2.05, 4.69) is 27.7 Å². The average molecular weight is 338 g/mol. The van der Waals surface area contributed by atoms with Crippen molar-refractivity contribution in [2.24, 2.45) is 16.7 Å². The van der Waals surface area contributed by atoms with Gasteiger partial charge in [0.2, 0.25) is 5.91 Å². The van der Waals surface area contributed by atoms with E-state index in [1.807, 2.05) is 13.8 Å². The third kappa shape index (κ3) is 3.62. The van der Waals surface area contributed by atoms with Crippen molar-refractivity contribution >= 4 is 11.9 Å². The number of carbonyl (C=O) groups is 2. The van der Waals surface area contributed by atoms with E-state index in [1.165, 1.54) is 12.8 Å². The van der Waals surface area contributed by atoms with Crippen LogP contribution in [0, 0.1) is 16.7 Å². The summed E-state index contributed by atoms with van der Waals surface area (Å²) < 4.78 is 5.75. The zero-order valence-electron chi connectivity index (χ0n) is 16.4. The number of likely N-dealkylation sites (tertiary alicyclic amines) is 1. The van der Waals surface area contributed by atoms with Crippen molar-refractivity contribution < 1.29 is 14.3 Å². The van der Waals surface area contributed by atoms with Gasteiger partial charge in [0.1, 0.15) is 6.04 Å². The Morgan fingerprint density at radius 2 is 1.88 bits per heavy atom. The molecule has 2 unspecified atom stereocenters. The SMILES string of the molecule is CCC(=O)N1CCC[C@H]1C(=O)OC(C)CC1CCC(C)(C)C1(C)C. The first-order chi connectivity index (χ1) is 11.1. The van der Waals surface area contributed by atoms with Crippen molar-refractivity contribution in [3.8, 4) is 0 Å². The van der Waals surface area contributed by atoms with Gasteiger partial charge in [0.15, 0.2) is 0 Å². The summed E-state index contributed by atoms with van der Waals surface area (Å²) in [4.78, 5) is 26.2. The van der Waals surface area contributed by atoms with Crippen LogP contribution in [0.2, 0.25) is 0 Å². The Labute approximate surface area is 147 Å². The first-order valence-electron chi connectivity index (χ1n) is 9.60. The molecule has 0 aromatic heterocycles. The molecule has 1 aliphatic heterocycles. The molecule has 0 spiro atoms. The van der Waals surface area contributed by atoms with Gasteiger partial charge in [-0.1, -0.05) is 34.6 Å². The summed E-state index contributed by atoms with van der Waals surface area (Å²) in [6.07, 6.45) is 5.33. The molecule has 1 saturated carbocycles. The summed E-state index contributed by atoms with van der Waals surface area (Å²) in [7, 11) is 0. The molecule has 138 valence electrons. The molecule has 0 radical (unpaired) electrons. The lowest BCUT2D eigenvalue weighted by molar-refractivity contribution is -0.158. The van der Waals surface area contributed by atoms with Gasteiger partial charge in [0.25, 0.3) is 0 Å². The molecule has 2 fully saturated rings. The maximum absolute atomic E-state index is 12.5. The Morgan fingerprint density at radius 1 is 1.21 bits per heavy atom. The lowest BCUT2D eigenvalue weighted by Crippen LogP contribution is -2.42. The second-order valence-corrected chi connectivity index (χ2v) is 8.92. The van der Waals surface area contributed by atoms with Gasteiger partial charge >= 0.3 is 5.97 Å². The second kappa shape index (κ2) is 7.05. The number of nitrogens with zero attached hydrogens (tertiary/aromatic N) is 1. The highest BCUT2D eigenvalue weighted by atomic mass is 16.5. The first-order valence-corrected chi connectivity index (χ1v) is 9.60. The number of hydrogen-bond acceptors (Lipinski definition) is 3. The average Bonchev–Trinajstić information content (AvgIpc) is 3.05. The monoisotopic (exact) mass is 337 g/mol. The van der Waals surface area contributed by atoms with Gasteiger partial charge in [0.05, 0.1) is 6.10 Å². The quantitative estimate of drug-likeness (QED) is 0.707. The van der Waals surface area contributed by atoms with Gasteiger partial charge in [0, 0.05) is 13.0 Å². The minimum atomic E-state index is -0.368. The number of hydrogen-bond donors (Lipinski definition) is 0. The Bertz CT molecular complexity index is 483. The molecule has 3 atom stereocenters. The summed E-state index contributed by atoms with van der Waals surface area (Å²) in [5, 5.41) is 0. The zero-order valence-corrected chi connectivity index (χ0v) is 16.4. The lowest BCUT2D eigenvalue weighted by Gasteiger charge is -2.40. The van der Waals surface area contributed by atoms with Crippen molar-refractivity contribution in [2.45, 2.75) is 92.2 Å². The normalized spacial score (nSPS) is 29.5. The van der Waals surface area contributed by atoms with Crippen molar-refractivity contribution in [3.63, 3.8) is 0 Å². The molecule has 2 aliphatic rings. The molecular weight excluding hydrogens is 302 g/mol. The Morgan fingerprint density at radius 3 is 2.42 bits per heavy atom. The highest BCUT2D eigenvalue weighted by Gasteiger charge is 2.48. The van der Waals surface area contributed by atoms with Crippen LogP contribution in [0.3, 0.4) is 0 Å². The van der Waals surface area contributed by atoms with E-state index in [0.29, 0.717) is 24.3 Å². The van der Waals surface area contributed by atoms with Gasteiger partial charge in [-0.15, -0.1) is 0 Å². The topological polar surface area (TPSA) is 46.6 Å². The van der Waals surface area contributed by atoms with Crippen LogP contribution in [-0.2, 0) is 14.3 Å². The highest BCUT2D eigenvalue weighted by Crippen LogP contribution is 2.56. The Kier molecular flexibility index (Phi) is 5.66. The standard InChI is InChI=1S/C20H35NO3/c1-7-17(22)21-12-8-9-16(21)18(23)24-14(2)13-15-10-11-19(3,4)20(15,5)6/h14-16H,7-13H2,1-6H3/t14?,15?,16-/m0/s1. The molecule has 0 bridgehead atoms. The van der Waals surface area contributed by atoms with Crippen LogP contribution in [-0.4, -0.2) is 35.5 Å². The zero-order chi connectivity index (χ0) is 18.1. The summed E-state index contributed by atoms with van der Waals surface area (Å²) >= 11 is 0. The van der Waals surface area contributed by atoms with Gasteiger partial charge in [-0.25, -0.2) is 4.79 Å². The van der Waals surface area contributed by atoms with E-state index in [0.717, 1.165) is 19.3 Å². The largest absolute Gasteiger partial charge is 0.461 e. The fourth-order valence-corrected chi connectivity index (χ4v) is 4.42. The van der Waals surface area contributed by atoms with Crippen LogP contribution in [0.15, 0.2) is 0 Å². The number of rotatable bonds is 5. The minimum absolute atomic E-state index is 0.0563. The molecule has 1 amide bonds. The Hall–Kier alpha value is -1.06. The van der Waals surface area contributed by atoms with Crippen molar-refractivity contribution in [1.29, 1.82) is 0 Å². The molecule has 1 heterocycles. The molecule has 1 aliphatic carbocycles. The molecule has 1 saturated heterocycles. The molecule has 4 nitrogen and oxygen atoms in total. The van der Waals surface area contributed by atoms with Crippen molar-refractivity contribution in [2.75, 3.05) is 6.54 Å². The predicted octanol–water partition coefficient (Wildman–Crippen LogP) is 4.17. The van der Waals surface area contributed by atoms with E-state index < -0.39 is 0 Å². The van der Waals surface area contributed by atoms with Gasteiger partial charge in [-0.3, -0.25) is 4.79 Å². The van der Waals surface area contributed by atoms with Crippen molar-refractivity contribution in [1.82, 2.24) is 4.90 Å². The van der Waals surface area contributed by atoms with Crippen LogP contribution in [0.1, 0.15) is 80.1 Å². The fourth-order valence-electron chi connectivity index (χ4n) is 4.42. The second-order valence-electron chi connectivity index (χ2n) is 8.92. The van der Waals surface area contributed by atoms with Crippen LogP contribution < -0.4 is 0 Å². The van der Waals surface area contributed by atoms with Crippen LogP contribution in [0.5, 0.6) is 0 Å². The molecule has 4 heteroatoms. The number of amides is 1. The number of esters is 1. The first kappa shape index (κ1) is 19.3. The lowest BCUT2D eigenvalue weighted by atomic mass is 9.66. The molecule has 2 rings (SSSR count). The van der Waals surface area contributed by atoms with Gasteiger partial charge < -0.3 is 9.64 Å². The number of ether oxygens (including phenoxy) is 1. The maximum atomic E-state index is 12.5. The Balaban J connectivity index is 1.92. The number of carbonyl (C=O) groups excluding carboxylic acids is 2. The van der Waals surface area contributed by atoms with Crippen molar-refractivity contribution in [3.05, 3.63) is 0 Å². The third-order valence-electron chi connectivity index (χ3n) is 6.96. The van der Waals surface area contributed by atoms with E-state index in [1.54, 1.807) is 4.90 Å². The molecule has 0 N–H and O–H groups in total. The molecule has 0 aromatic carbocycles. The van der Waals surface area contributed by atoms with E-state index in [-0.39, 0.29) is 29.4 Å². The van der Waals surface area contributed by atoms with Gasteiger partial charge in [-0.05, 0) is 55.8 Å². The van der Waals surface area contributed by atoms with Crippen LogP contribution in [0.25, 0.3) is 0 Å². The minimum Gasteiger partial charge on any atom is -0.461 e. The molecular formula is C20H35NO3. The van der Waals surface area contributed by atoms with Crippen LogP contribution in [0.4, 0.5) is 0 Å². The highest BCUT2D eigenvalue weighted by molar-refractivity contribution is 5.85. The maximum Gasteiger partial charge on any atom is 0.329 e. The van der Waals surface area contributed by atoms with E-state index in [9.17, 15) is 9.59 Å². The predicted molar refractivity (Wildman–Crippen MR) is 95.5 cm³/mol. The third-order valence-corrected chi connectivity index (χ3v) is 6.96. The van der Waals surface area contributed by atoms with E-state index in [4.69, 9.17) is 4.74 Å². The summed E-state index contributed by atoms with van der Waals surface area (Å²) in [5.41, 5.74) is 0.586. The summed E-state index contributed by atoms with van der Waals surface area (Å²) in [5.74, 6) is 0.421. The van der Waals surface area contributed by atoms with Crippen LogP contribution >= 0.6 is 0 Å². The molecule has 0 aromatic rings. The smallest absolute Gasteiger partial charge is 0.329 e. The summed E-state index contributed by atoms with van der Waals surface area (Å²) in [6, 6.07) is -0.368. The van der Waals surface area contributed by atoms with E-state index >= 15 is 0 Å².